The first-order chi connectivity index (χ1) is 20.2. The second-order valence-corrected chi connectivity index (χ2v) is 11.1. The first-order valence-electron chi connectivity index (χ1n) is 14.4. The van der Waals surface area contributed by atoms with Crippen LogP contribution in [0.4, 0.5) is 23.4 Å². The molecule has 2 aliphatic rings. The first kappa shape index (κ1) is 28.4. The summed E-state index contributed by atoms with van der Waals surface area (Å²) >= 11 is 0. The predicted molar refractivity (Wildman–Crippen MR) is 148 cm³/mol. The molecule has 0 bridgehead atoms. The van der Waals surface area contributed by atoms with Crippen LogP contribution in [0, 0.1) is 5.82 Å². The van der Waals surface area contributed by atoms with Crippen LogP contribution < -0.4 is 10.1 Å². The van der Waals surface area contributed by atoms with Crippen LogP contribution >= 0.6 is 0 Å². The van der Waals surface area contributed by atoms with Crippen molar-refractivity contribution in [2.45, 2.75) is 88.8 Å². The average molecular weight is 588 g/mol. The molecule has 0 atom stereocenters. The zero-order valence-corrected chi connectivity index (χ0v) is 23.2. The smallest absolute Gasteiger partial charge is 0.419 e. The van der Waals surface area contributed by atoms with Crippen LogP contribution in [0.15, 0.2) is 36.9 Å². The van der Waals surface area contributed by atoms with Gasteiger partial charge in [0, 0.05) is 42.2 Å². The Morgan fingerprint density at radius 2 is 1.76 bits per heavy atom. The number of rotatable bonds is 7. The molecule has 2 N–H and O–H groups in total. The third kappa shape index (κ3) is 5.66. The highest BCUT2D eigenvalue weighted by atomic mass is 19.4. The van der Waals surface area contributed by atoms with Crippen LogP contribution in [-0.2, 0) is 6.18 Å². The van der Waals surface area contributed by atoms with Crippen LogP contribution in [0.25, 0.3) is 22.2 Å². The Hall–Kier alpha value is -3.74. The zero-order valence-electron chi connectivity index (χ0n) is 23.2. The Kier molecular flexibility index (Phi) is 7.77. The van der Waals surface area contributed by atoms with Gasteiger partial charge in [-0.15, -0.1) is 0 Å². The number of aliphatic hydroxyl groups is 1. The van der Waals surface area contributed by atoms with Gasteiger partial charge in [-0.3, -0.25) is 9.36 Å². The third-order valence-corrected chi connectivity index (χ3v) is 8.30. The van der Waals surface area contributed by atoms with Crippen LogP contribution in [0.1, 0.15) is 75.9 Å². The molecule has 9 nitrogen and oxygen atoms in total. The summed E-state index contributed by atoms with van der Waals surface area (Å²) < 4.78 is 63.5. The number of hydrogen-bond donors (Lipinski definition) is 2. The summed E-state index contributed by atoms with van der Waals surface area (Å²) in [6, 6.07) is 2.83. The summed E-state index contributed by atoms with van der Waals surface area (Å²) in [5.74, 6) is -1.37. The van der Waals surface area contributed by atoms with Gasteiger partial charge in [-0.05, 0) is 64.4 Å². The molecule has 13 heteroatoms. The van der Waals surface area contributed by atoms with E-state index in [1.807, 2.05) is 40.9 Å². The Bertz CT molecular complexity index is 1540. The van der Waals surface area contributed by atoms with E-state index in [-0.39, 0.29) is 18.2 Å². The maximum Gasteiger partial charge on any atom is 0.419 e. The summed E-state index contributed by atoms with van der Waals surface area (Å²) in [7, 11) is 0. The number of pyridine rings is 2. The fraction of sp³-hybridized carbons (Fsp3) is 0.517. The highest BCUT2D eigenvalue weighted by molar-refractivity contribution is 5.93. The van der Waals surface area contributed by atoms with Gasteiger partial charge in [-0.1, -0.05) is 0 Å². The Morgan fingerprint density at radius 3 is 2.48 bits per heavy atom. The molecule has 0 radical (unpaired) electrons. The minimum atomic E-state index is -4.82. The molecular weight excluding hydrogens is 554 g/mol. The van der Waals surface area contributed by atoms with Crippen LogP contribution in [-0.4, -0.2) is 53.4 Å². The molecule has 2 fully saturated rings. The lowest BCUT2D eigenvalue weighted by atomic mass is 9.93. The largest absolute Gasteiger partial charge is 0.472 e. The number of aliphatic hydroxyl groups excluding tert-OH is 1. The number of ether oxygens (including phenoxy) is 1. The molecular formula is C29H33F4N7O2. The molecule has 0 aliphatic heterocycles. The number of nitrogens with zero attached hydrogens (tertiary/aromatic N) is 6. The Balaban J connectivity index is 1.23. The predicted octanol–water partition coefficient (Wildman–Crippen LogP) is 6.32. The summed E-state index contributed by atoms with van der Waals surface area (Å²) in [6.07, 6.45) is 6.60. The third-order valence-electron chi connectivity index (χ3n) is 8.30. The molecule has 4 heterocycles. The molecule has 0 amide bonds. The molecule has 2 aliphatic carbocycles. The number of hydrogen-bond acceptors (Lipinski definition) is 7. The molecule has 0 aromatic carbocycles. The van der Waals surface area contributed by atoms with Crippen molar-refractivity contribution >= 4 is 16.7 Å². The van der Waals surface area contributed by atoms with Crippen molar-refractivity contribution in [2.75, 3.05) is 11.9 Å². The number of anilines is 1. The van der Waals surface area contributed by atoms with Crippen LogP contribution in [0.3, 0.4) is 0 Å². The first-order valence-corrected chi connectivity index (χ1v) is 14.4. The quantitative estimate of drug-likeness (QED) is 0.244. The molecule has 224 valence electrons. The van der Waals surface area contributed by atoms with Gasteiger partial charge in [0.05, 0.1) is 35.5 Å². The zero-order chi connectivity index (χ0) is 29.4. The van der Waals surface area contributed by atoms with Crippen molar-refractivity contribution < 1.29 is 27.4 Å². The van der Waals surface area contributed by atoms with Crippen molar-refractivity contribution in [3.05, 3.63) is 48.3 Å². The van der Waals surface area contributed by atoms with Gasteiger partial charge < -0.3 is 15.2 Å². The van der Waals surface area contributed by atoms with E-state index in [1.165, 1.54) is 0 Å². The molecule has 6 rings (SSSR count). The van der Waals surface area contributed by atoms with Crippen LogP contribution in [0.2, 0.25) is 0 Å². The Labute approximate surface area is 239 Å². The van der Waals surface area contributed by atoms with Crippen molar-refractivity contribution in [3.8, 4) is 17.1 Å². The van der Waals surface area contributed by atoms with Gasteiger partial charge in [0.2, 0.25) is 0 Å². The average Bonchev–Trinajstić information content (AvgIpc) is 3.60. The molecule has 0 spiro atoms. The molecule has 42 heavy (non-hydrogen) atoms. The summed E-state index contributed by atoms with van der Waals surface area (Å²) in [4.78, 5) is 8.29. The van der Waals surface area contributed by atoms with Gasteiger partial charge in [-0.25, -0.2) is 14.4 Å². The maximum atomic E-state index is 14.5. The molecule has 0 saturated heterocycles. The fourth-order valence-corrected chi connectivity index (χ4v) is 6.08. The standard InChI is InChI=1S/C29H33F4N7O2/c1-2-34-25-13-24-22(15-36-25)27(17-14-37-39(16-17)18-3-7-20(41)8-4-18)38-40(24)19-5-9-21(10-6-19)42-28-26(30)23(11-12-35-28)29(31,32)33/h11-16,18-21,41H,2-10H2,1H3,(H,34,36)/t18-,19-,20-,21+. The van der Waals surface area contributed by atoms with E-state index in [2.05, 4.69) is 20.4 Å². The maximum absolute atomic E-state index is 14.5. The number of nitrogens with one attached hydrogen (secondary N) is 1. The van der Waals surface area contributed by atoms with Crippen molar-refractivity contribution in [1.82, 2.24) is 29.5 Å². The number of halogens is 4. The number of aromatic nitrogens is 6. The van der Waals surface area contributed by atoms with Crippen molar-refractivity contribution in [2.24, 2.45) is 0 Å². The van der Waals surface area contributed by atoms with E-state index in [9.17, 15) is 22.7 Å². The minimum absolute atomic E-state index is 0.00664. The molecule has 0 unspecified atom stereocenters. The van der Waals surface area contributed by atoms with Gasteiger partial charge in [-0.2, -0.15) is 23.4 Å². The van der Waals surface area contributed by atoms with E-state index < -0.39 is 29.5 Å². The van der Waals surface area contributed by atoms with Gasteiger partial charge in [0.1, 0.15) is 17.6 Å². The monoisotopic (exact) mass is 587 g/mol. The second kappa shape index (κ2) is 11.5. The Morgan fingerprint density at radius 1 is 1.02 bits per heavy atom. The summed E-state index contributed by atoms with van der Waals surface area (Å²) in [5, 5.41) is 23.7. The summed E-state index contributed by atoms with van der Waals surface area (Å²) in [6.45, 7) is 2.71. The molecule has 2 saturated carbocycles. The molecule has 4 aromatic heterocycles. The summed E-state index contributed by atoms with van der Waals surface area (Å²) in [5.41, 5.74) is 1.19. The second-order valence-electron chi connectivity index (χ2n) is 11.1. The topological polar surface area (TPSA) is 103 Å². The minimum Gasteiger partial charge on any atom is -0.472 e. The highest BCUT2D eigenvalue weighted by Crippen LogP contribution is 2.39. The normalized spacial score (nSPS) is 23.3. The fourth-order valence-electron chi connectivity index (χ4n) is 6.08. The van der Waals surface area contributed by atoms with Crippen LogP contribution in [0.5, 0.6) is 5.88 Å². The van der Waals surface area contributed by atoms with Gasteiger partial charge >= 0.3 is 6.18 Å². The lowest BCUT2D eigenvalue weighted by Crippen LogP contribution is -2.27. The number of alkyl halides is 3. The van der Waals surface area contributed by atoms with Gasteiger partial charge in [0.25, 0.3) is 5.88 Å². The molecule has 4 aromatic rings. The lowest BCUT2D eigenvalue weighted by molar-refractivity contribution is -0.140. The van der Waals surface area contributed by atoms with Gasteiger partial charge in [0.15, 0.2) is 5.82 Å². The lowest BCUT2D eigenvalue weighted by Gasteiger charge is -2.29. The van der Waals surface area contributed by atoms with E-state index in [0.29, 0.717) is 38.3 Å². The van der Waals surface area contributed by atoms with Crippen molar-refractivity contribution in [1.29, 1.82) is 0 Å². The van der Waals surface area contributed by atoms with E-state index in [4.69, 9.17) is 9.84 Å². The van der Waals surface area contributed by atoms with Crippen molar-refractivity contribution in [3.63, 3.8) is 0 Å². The van der Waals surface area contributed by atoms with E-state index >= 15 is 0 Å². The number of fused-ring (bicyclic) bond motifs is 1. The van der Waals surface area contributed by atoms with E-state index in [0.717, 1.165) is 59.9 Å². The SMILES string of the molecule is CCNc1cc2c(cn1)c(-c1cnn([C@H]3CC[C@H](O)CC3)c1)nn2[C@H]1CC[C@@H](Oc2nccc(C(F)(F)F)c2F)CC1. The highest BCUT2D eigenvalue weighted by Gasteiger charge is 2.36. The van der Waals surface area contributed by atoms with E-state index in [1.54, 1.807) is 0 Å².